The zero-order valence-corrected chi connectivity index (χ0v) is 9.95. The summed E-state index contributed by atoms with van der Waals surface area (Å²) in [7, 11) is 0. The fourth-order valence-corrected chi connectivity index (χ4v) is 2.14. The molecule has 0 aromatic heterocycles. The predicted molar refractivity (Wildman–Crippen MR) is 70.2 cm³/mol. The Morgan fingerprint density at radius 1 is 1.00 bits per heavy atom. The Morgan fingerprint density at radius 3 is 2.76 bits per heavy atom. The summed E-state index contributed by atoms with van der Waals surface area (Å²) in [6, 6.07) is 15.8. The molecular weight excluding hydrogens is 232 g/mol. The Balaban J connectivity index is 1.96. The lowest BCUT2D eigenvalue weighted by Gasteiger charge is -2.18. The molecule has 2 aromatic carbocycles. The Bertz CT molecular complexity index is 587. The van der Waals surface area contributed by atoms with Crippen molar-refractivity contribution >= 4 is 17.4 Å². The number of fused-ring (bicyclic) bond motifs is 1. The van der Waals surface area contributed by atoms with Gasteiger partial charge in [-0.15, -0.1) is 0 Å². The number of halogens is 1. The van der Waals surface area contributed by atoms with E-state index < -0.39 is 0 Å². The minimum Gasteiger partial charge on any atom is -0.457 e. The SMILES string of the molecule is Clc1cccc(C2=CCc3ccccc3O2)c1. The van der Waals surface area contributed by atoms with E-state index in [0.29, 0.717) is 0 Å². The van der Waals surface area contributed by atoms with E-state index in [0.717, 1.165) is 28.5 Å². The van der Waals surface area contributed by atoms with Gasteiger partial charge in [0.05, 0.1) is 0 Å². The average Bonchev–Trinajstić information content (AvgIpc) is 2.38. The Hall–Kier alpha value is -1.73. The number of hydrogen-bond acceptors (Lipinski definition) is 1. The molecule has 17 heavy (non-hydrogen) atoms. The van der Waals surface area contributed by atoms with Gasteiger partial charge in [-0.1, -0.05) is 41.9 Å². The van der Waals surface area contributed by atoms with Crippen molar-refractivity contribution in [3.05, 3.63) is 70.8 Å². The maximum Gasteiger partial charge on any atom is 0.131 e. The number of ether oxygens (including phenoxy) is 1. The molecule has 0 spiro atoms. The van der Waals surface area contributed by atoms with Crippen molar-refractivity contribution in [2.45, 2.75) is 6.42 Å². The van der Waals surface area contributed by atoms with Crippen molar-refractivity contribution in [1.29, 1.82) is 0 Å². The van der Waals surface area contributed by atoms with Crippen molar-refractivity contribution in [1.82, 2.24) is 0 Å². The van der Waals surface area contributed by atoms with Gasteiger partial charge in [-0.25, -0.2) is 0 Å². The molecule has 0 atom stereocenters. The van der Waals surface area contributed by atoms with Crippen LogP contribution in [-0.2, 0) is 6.42 Å². The van der Waals surface area contributed by atoms with Gasteiger partial charge in [0.15, 0.2) is 0 Å². The van der Waals surface area contributed by atoms with Crippen molar-refractivity contribution in [2.24, 2.45) is 0 Å². The minimum absolute atomic E-state index is 0.728. The summed E-state index contributed by atoms with van der Waals surface area (Å²) in [6.45, 7) is 0. The first-order valence-electron chi connectivity index (χ1n) is 5.55. The summed E-state index contributed by atoms with van der Waals surface area (Å²) < 4.78 is 5.88. The monoisotopic (exact) mass is 242 g/mol. The lowest BCUT2D eigenvalue weighted by molar-refractivity contribution is 0.498. The molecule has 3 rings (SSSR count). The van der Waals surface area contributed by atoms with Crippen LogP contribution in [0.3, 0.4) is 0 Å². The number of hydrogen-bond donors (Lipinski definition) is 0. The summed E-state index contributed by atoms with van der Waals surface area (Å²) in [4.78, 5) is 0. The van der Waals surface area contributed by atoms with Crippen molar-refractivity contribution < 1.29 is 4.74 Å². The lowest BCUT2D eigenvalue weighted by Crippen LogP contribution is -2.03. The van der Waals surface area contributed by atoms with Gasteiger partial charge in [-0.3, -0.25) is 0 Å². The van der Waals surface area contributed by atoms with Crippen LogP contribution in [0.1, 0.15) is 11.1 Å². The first-order valence-corrected chi connectivity index (χ1v) is 5.92. The zero-order valence-electron chi connectivity index (χ0n) is 9.19. The summed E-state index contributed by atoms with van der Waals surface area (Å²) in [6.07, 6.45) is 2.99. The molecule has 0 radical (unpaired) electrons. The molecule has 0 fully saturated rings. The van der Waals surface area contributed by atoms with Crippen LogP contribution in [0.2, 0.25) is 5.02 Å². The molecular formula is C15H11ClO. The van der Waals surface area contributed by atoms with E-state index in [2.05, 4.69) is 12.1 Å². The third kappa shape index (κ3) is 2.06. The van der Waals surface area contributed by atoms with Crippen LogP contribution in [0.4, 0.5) is 0 Å². The highest BCUT2D eigenvalue weighted by Gasteiger charge is 2.13. The molecule has 84 valence electrons. The average molecular weight is 243 g/mol. The van der Waals surface area contributed by atoms with Gasteiger partial charge >= 0.3 is 0 Å². The van der Waals surface area contributed by atoms with Crippen molar-refractivity contribution in [3.8, 4) is 5.75 Å². The van der Waals surface area contributed by atoms with E-state index in [4.69, 9.17) is 16.3 Å². The Kier molecular flexibility index (Phi) is 2.62. The molecule has 0 N–H and O–H groups in total. The zero-order chi connectivity index (χ0) is 11.7. The second kappa shape index (κ2) is 4.27. The van der Waals surface area contributed by atoms with Crippen molar-refractivity contribution in [2.75, 3.05) is 0 Å². The van der Waals surface area contributed by atoms with Gasteiger partial charge in [0.1, 0.15) is 11.5 Å². The summed E-state index contributed by atoms with van der Waals surface area (Å²) in [5.41, 5.74) is 2.24. The summed E-state index contributed by atoms with van der Waals surface area (Å²) in [5.74, 6) is 1.82. The predicted octanol–water partition coefficient (Wildman–Crippen LogP) is 4.32. The maximum atomic E-state index is 5.98. The van der Waals surface area contributed by atoms with E-state index >= 15 is 0 Å². The minimum atomic E-state index is 0.728. The fraction of sp³-hybridized carbons (Fsp3) is 0.0667. The third-order valence-electron chi connectivity index (χ3n) is 2.81. The fourth-order valence-electron chi connectivity index (χ4n) is 1.95. The molecule has 1 nitrogen and oxygen atoms in total. The molecule has 0 saturated carbocycles. The summed E-state index contributed by atoms with van der Waals surface area (Å²) >= 11 is 5.98. The van der Waals surface area contributed by atoms with E-state index in [1.54, 1.807) is 0 Å². The van der Waals surface area contributed by atoms with E-state index in [1.165, 1.54) is 5.56 Å². The second-order valence-electron chi connectivity index (χ2n) is 3.99. The Morgan fingerprint density at radius 2 is 1.88 bits per heavy atom. The van der Waals surface area contributed by atoms with E-state index in [1.807, 2.05) is 42.5 Å². The molecule has 1 heterocycles. The first-order chi connectivity index (χ1) is 8.33. The third-order valence-corrected chi connectivity index (χ3v) is 3.04. The molecule has 0 amide bonds. The largest absolute Gasteiger partial charge is 0.457 e. The standard InChI is InChI=1S/C15H11ClO/c16-13-6-3-5-12(10-13)15-9-8-11-4-1-2-7-14(11)17-15/h1-7,9-10H,8H2. The van der Waals surface area contributed by atoms with E-state index in [-0.39, 0.29) is 0 Å². The Labute approximate surface area is 105 Å². The quantitative estimate of drug-likeness (QED) is 0.724. The molecule has 0 aliphatic carbocycles. The van der Waals surface area contributed by atoms with Crippen LogP contribution in [0.15, 0.2) is 54.6 Å². The highest BCUT2D eigenvalue weighted by atomic mass is 35.5. The van der Waals surface area contributed by atoms with Crippen LogP contribution in [0, 0.1) is 0 Å². The molecule has 0 bridgehead atoms. The smallest absolute Gasteiger partial charge is 0.131 e. The van der Waals surface area contributed by atoms with Gasteiger partial charge < -0.3 is 4.74 Å². The van der Waals surface area contributed by atoms with Gasteiger partial charge in [0.25, 0.3) is 0 Å². The molecule has 0 unspecified atom stereocenters. The molecule has 2 aromatic rings. The number of rotatable bonds is 1. The molecule has 1 aliphatic rings. The van der Waals surface area contributed by atoms with Crippen LogP contribution < -0.4 is 4.74 Å². The number of para-hydroxylation sites is 1. The number of allylic oxidation sites excluding steroid dienone is 1. The van der Waals surface area contributed by atoms with Crippen molar-refractivity contribution in [3.63, 3.8) is 0 Å². The van der Waals surface area contributed by atoms with Gasteiger partial charge in [-0.05, 0) is 36.3 Å². The summed E-state index contributed by atoms with van der Waals surface area (Å²) in [5, 5.41) is 0.728. The molecule has 1 aliphatic heterocycles. The topological polar surface area (TPSA) is 9.23 Å². The highest BCUT2D eigenvalue weighted by molar-refractivity contribution is 6.30. The maximum absolute atomic E-state index is 5.98. The van der Waals surface area contributed by atoms with Crippen LogP contribution in [0.25, 0.3) is 5.76 Å². The van der Waals surface area contributed by atoms with Crippen LogP contribution in [-0.4, -0.2) is 0 Å². The number of benzene rings is 2. The van der Waals surface area contributed by atoms with Crippen LogP contribution >= 0.6 is 11.6 Å². The highest BCUT2D eigenvalue weighted by Crippen LogP contribution is 2.30. The van der Waals surface area contributed by atoms with Gasteiger partial charge in [0.2, 0.25) is 0 Å². The molecule has 0 saturated heterocycles. The normalized spacial score (nSPS) is 13.6. The van der Waals surface area contributed by atoms with Gasteiger partial charge in [0, 0.05) is 10.6 Å². The molecule has 2 heteroatoms. The lowest BCUT2D eigenvalue weighted by atomic mass is 10.1. The second-order valence-corrected chi connectivity index (χ2v) is 4.43. The van der Waals surface area contributed by atoms with Crippen LogP contribution in [0.5, 0.6) is 5.75 Å². The van der Waals surface area contributed by atoms with Gasteiger partial charge in [-0.2, -0.15) is 0 Å². The van der Waals surface area contributed by atoms with E-state index in [9.17, 15) is 0 Å². The first kappa shape index (κ1) is 10.4.